The van der Waals surface area contributed by atoms with E-state index in [9.17, 15) is 0 Å². The normalized spacial score (nSPS) is 18.3. The Bertz CT molecular complexity index is 319. The van der Waals surface area contributed by atoms with Crippen LogP contribution in [0, 0.1) is 5.41 Å². The van der Waals surface area contributed by atoms with Gasteiger partial charge in [-0.3, -0.25) is 0 Å². The van der Waals surface area contributed by atoms with Crippen molar-refractivity contribution in [2.45, 2.75) is 13.3 Å². The summed E-state index contributed by atoms with van der Waals surface area (Å²) >= 11 is 3.40. The van der Waals surface area contributed by atoms with Crippen LogP contribution in [0.5, 0.6) is 5.75 Å². The summed E-state index contributed by atoms with van der Waals surface area (Å²) in [7, 11) is 0. The Morgan fingerprint density at radius 2 is 2.00 bits per heavy atom. The molecule has 1 aliphatic rings. The van der Waals surface area contributed by atoms with Gasteiger partial charge in [0.2, 0.25) is 0 Å². The molecule has 1 N–H and O–H groups in total. The zero-order chi connectivity index (χ0) is 10.7. The SMILES string of the molecule is CC1(CCOc2ccc(Br)cc2)CNC1. The van der Waals surface area contributed by atoms with Crippen molar-refractivity contribution in [1.82, 2.24) is 5.32 Å². The molecule has 0 bridgehead atoms. The maximum atomic E-state index is 5.68. The molecule has 2 rings (SSSR count). The Balaban J connectivity index is 1.76. The maximum Gasteiger partial charge on any atom is 0.119 e. The summed E-state index contributed by atoms with van der Waals surface area (Å²) in [6.45, 7) is 5.35. The van der Waals surface area contributed by atoms with Gasteiger partial charge in [0.1, 0.15) is 5.75 Å². The fraction of sp³-hybridized carbons (Fsp3) is 0.500. The molecule has 2 nitrogen and oxygen atoms in total. The predicted molar refractivity (Wildman–Crippen MR) is 65.2 cm³/mol. The third-order valence-corrected chi connectivity index (χ3v) is 3.42. The number of benzene rings is 1. The third-order valence-electron chi connectivity index (χ3n) is 2.89. The van der Waals surface area contributed by atoms with Gasteiger partial charge < -0.3 is 10.1 Å². The first-order valence-electron chi connectivity index (χ1n) is 5.27. The zero-order valence-corrected chi connectivity index (χ0v) is 10.5. The minimum absolute atomic E-state index is 0.454. The Kier molecular flexibility index (Phi) is 3.32. The molecule has 0 atom stereocenters. The van der Waals surface area contributed by atoms with Crippen molar-refractivity contribution in [2.75, 3.05) is 19.7 Å². The molecule has 0 spiro atoms. The van der Waals surface area contributed by atoms with Gasteiger partial charge in [0.25, 0.3) is 0 Å². The number of nitrogens with one attached hydrogen (secondary N) is 1. The van der Waals surface area contributed by atoms with Crippen LogP contribution in [0.2, 0.25) is 0 Å². The van der Waals surface area contributed by atoms with Gasteiger partial charge >= 0.3 is 0 Å². The van der Waals surface area contributed by atoms with Crippen LogP contribution in [0.25, 0.3) is 0 Å². The maximum absolute atomic E-state index is 5.68. The molecule has 3 heteroatoms. The summed E-state index contributed by atoms with van der Waals surface area (Å²) in [5.41, 5.74) is 0.454. The molecule has 0 radical (unpaired) electrons. The molecule has 0 saturated carbocycles. The molecule has 0 amide bonds. The Morgan fingerprint density at radius 3 is 2.53 bits per heavy atom. The first-order valence-corrected chi connectivity index (χ1v) is 6.06. The van der Waals surface area contributed by atoms with Gasteiger partial charge in [0.15, 0.2) is 0 Å². The van der Waals surface area contributed by atoms with Gasteiger partial charge in [-0.2, -0.15) is 0 Å². The molecule has 1 aromatic carbocycles. The van der Waals surface area contributed by atoms with Crippen molar-refractivity contribution in [3.8, 4) is 5.75 Å². The number of rotatable bonds is 4. The molecule has 1 fully saturated rings. The van der Waals surface area contributed by atoms with Gasteiger partial charge in [0.05, 0.1) is 6.61 Å². The van der Waals surface area contributed by atoms with Crippen LogP contribution in [0.3, 0.4) is 0 Å². The van der Waals surface area contributed by atoms with Gasteiger partial charge in [-0.1, -0.05) is 22.9 Å². The lowest BCUT2D eigenvalue weighted by atomic mass is 9.81. The minimum Gasteiger partial charge on any atom is -0.494 e. The molecule has 0 aromatic heterocycles. The topological polar surface area (TPSA) is 21.3 Å². The summed E-state index contributed by atoms with van der Waals surface area (Å²) in [6.07, 6.45) is 1.12. The molecular formula is C12H16BrNO. The van der Waals surface area contributed by atoms with E-state index in [1.54, 1.807) is 0 Å². The van der Waals surface area contributed by atoms with E-state index >= 15 is 0 Å². The number of halogens is 1. The van der Waals surface area contributed by atoms with E-state index < -0.39 is 0 Å². The number of ether oxygens (including phenoxy) is 1. The summed E-state index contributed by atoms with van der Waals surface area (Å²) in [4.78, 5) is 0. The quantitative estimate of drug-likeness (QED) is 0.908. The molecule has 1 aliphatic heterocycles. The molecule has 1 heterocycles. The van der Waals surface area contributed by atoms with Crippen molar-refractivity contribution >= 4 is 15.9 Å². The highest BCUT2D eigenvalue weighted by molar-refractivity contribution is 9.10. The van der Waals surface area contributed by atoms with Gasteiger partial charge in [-0.05, 0) is 36.1 Å². The second-order valence-electron chi connectivity index (χ2n) is 4.47. The first-order chi connectivity index (χ1) is 7.18. The highest BCUT2D eigenvalue weighted by Gasteiger charge is 2.30. The predicted octanol–water partition coefficient (Wildman–Crippen LogP) is 2.83. The Labute approximate surface area is 99.1 Å². The van der Waals surface area contributed by atoms with E-state index in [-0.39, 0.29) is 0 Å². The van der Waals surface area contributed by atoms with E-state index in [2.05, 4.69) is 28.2 Å². The molecule has 82 valence electrons. The standard InChI is InChI=1S/C12H16BrNO/c1-12(8-14-9-12)6-7-15-11-4-2-10(13)3-5-11/h2-5,14H,6-9H2,1H3. The van der Waals surface area contributed by atoms with Crippen LogP contribution >= 0.6 is 15.9 Å². The van der Waals surface area contributed by atoms with Gasteiger partial charge in [-0.25, -0.2) is 0 Å². The lowest BCUT2D eigenvalue weighted by molar-refractivity contribution is 0.142. The van der Waals surface area contributed by atoms with Crippen LogP contribution in [-0.2, 0) is 0 Å². The second-order valence-corrected chi connectivity index (χ2v) is 5.38. The fourth-order valence-electron chi connectivity index (χ4n) is 1.67. The third kappa shape index (κ3) is 2.95. The fourth-order valence-corrected chi connectivity index (χ4v) is 1.94. The zero-order valence-electron chi connectivity index (χ0n) is 8.92. The lowest BCUT2D eigenvalue weighted by Crippen LogP contribution is -2.51. The van der Waals surface area contributed by atoms with Crippen molar-refractivity contribution < 1.29 is 4.74 Å². The first kappa shape index (κ1) is 11.0. The monoisotopic (exact) mass is 269 g/mol. The van der Waals surface area contributed by atoms with Crippen molar-refractivity contribution in [2.24, 2.45) is 5.41 Å². The smallest absolute Gasteiger partial charge is 0.119 e. The summed E-state index contributed by atoms with van der Waals surface area (Å²) < 4.78 is 6.77. The summed E-state index contributed by atoms with van der Waals surface area (Å²) in [6, 6.07) is 7.99. The Hall–Kier alpha value is -0.540. The van der Waals surface area contributed by atoms with Crippen LogP contribution in [0.15, 0.2) is 28.7 Å². The van der Waals surface area contributed by atoms with E-state index in [0.29, 0.717) is 5.41 Å². The van der Waals surface area contributed by atoms with Crippen LogP contribution < -0.4 is 10.1 Å². The van der Waals surface area contributed by atoms with Gasteiger partial charge in [0, 0.05) is 17.6 Å². The Morgan fingerprint density at radius 1 is 1.33 bits per heavy atom. The number of hydrogen-bond donors (Lipinski definition) is 1. The van der Waals surface area contributed by atoms with Crippen molar-refractivity contribution in [3.63, 3.8) is 0 Å². The molecule has 1 saturated heterocycles. The summed E-state index contributed by atoms with van der Waals surface area (Å²) in [5, 5.41) is 3.30. The summed E-state index contributed by atoms with van der Waals surface area (Å²) in [5.74, 6) is 0.953. The highest BCUT2D eigenvalue weighted by atomic mass is 79.9. The minimum atomic E-state index is 0.454. The molecule has 1 aromatic rings. The van der Waals surface area contributed by atoms with Crippen LogP contribution in [0.4, 0.5) is 0 Å². The van der Waals surface area contributed by atoms with Gasteiger partial charge in [-0.15, -0.1) is 0 Å². The molecular weight excluding hydrogens is 254 g/mol. The average molecular weight is 270 g/mol. The molecule has 15 heavy (non-hydrogen) atoms. The van der Waals surface area contributed by atoms with Crippen molar-refractivity contribution in [3.05, 3.63) is 28.7 Å². The van der Waals surface area contributed by atoms with Crippen LogP contribution in [-0.4, -0.2) is 19.7 Å². The highest BCUT2D eigenvalue weighted by Crippen LogP contribution is 2.26. The van der Waals surface area contributed by atoms with E-state index in [1.165, 1.54) is 0 Å². The van der Waals surface area contributed by atoms with E-state index in [1.807, 2.05) is 24.3 Å². The number of hydrogen-bond acceptors (Lipinski definition) is 2. The van der Waals surface area contributed by atoms with Crippen LogP contribution in [0.1, 0.15) is 13.3 Å². The average Bonchev–Trinajstić information content (AvgIpc) is 2.19. The molecule has 0 unspecified atom stereocenters. The largest absolute Gasteiger partial charge is 0.494 e. The van der Waals surface area contributed by atoms with E-state index in [0.717, 1.165) is 36.3 Å². The van der Waals surface area contributed by atoms with Crippen molar-refractivity contribution in [1.29, 1.82) is 0 Å². The second kappa shape index (κ2) is 4.54. The molecule has 0 aliphatic carbocycles. The lowest BCUT2D eigenvalue weighted by Gasteiger charge is -2.39. The van der Waals surface area contributed by atoms with E-state index in [4.69, 9.17) is 4.74 Å².